The molecule has 5 nitrogen and oxygen atoms in total. The number of halogens is 1. The van der Waals surface area contributed by atoms with E-state index in [0.717, 1.165) is 22.4 Å². The van der Waals surface area contributed by atoms with Gasteiger partial charge in [0.2, 0.25) is 0 Å². The van der Waals surface area contributed by atoms with Gasteiger partial charge in [-0.3, -0.25) is 0 Å². The number of methoxy groups -OCH3 is 1. The molecule has 2 aromatic rings. The summed E-state index contributed by atoms with van der Waals surface area (Å²) in [4.78, 5) is 0. The van der Waals surface area contributed by atoms with E-state index in [1.54, 1.807) is 7.11 Å². The first kappa shape index (κ1) is 21.1. The summed E-state index contributed by atoms with van der Waals surface area (Å²) < 4.78 is 17.2. The van der Waals surface area contributed by atoms with Gasteiger partial charge in [0.05, 0.1) is 25.4 Å². The van der Waals surface area contributed by atoms with Crippen LogP contribution >= 0.6 is 11.6 Å². The second kappa shape index (κ2) is 9.25. The normalized spacial score (nSPS) is 24.9. The highest BCUT2D eigenvalue weighted by Gasteiger charge is 2.43. The highest BCUT2D eigenvalue weighted by atomic mass is 35.5. The molecular formula is C22H27ClO5. The van der Waals surface area contributed by atoms with Crippen LogP contribution in [0.15, 0.2) is 42.5 Å². The minimum Gasteiger partial charge on any atom is -0.494 e. The number of aliphatic hydroxyl groups is 2. The highest BCUT2D eigenvalue weighted by molar-refractivity contribution is 6.31. The minimum atomic E-state index is -1.11. The summed E-state index contributed by atoms with van der Waals surface area (Å²) in [7, 11) is 1.55. The smallest absolute Gasteiger partial charge is 0.197 e. The number of ether oxygens (including phenoxy) is 3. The second-order valence-electron chi connectivity index (χ2n) is 7.03. The number of rotatable bonds is 7. The maximum Gasteiger partial charge on any atom is 0.197 e. The van der Waals surface area contributed by atoms with Crippen LogP contribution in [-0.4, -0.2) is 42.7 Å². The van der Waals surface area contributed by atoms with Crippen molar-refractivity contribution in [1.82, 2.24) is 0 Å². The molecule has 0 amide bonds. The van der Waals surface area contributed by atoms with Gasteiger partial charge >= 0.3 is 0 Å². The van der Waals surface area contributed by atoms with E-state index in [9.17, 15) is 10.2 Å². The molecule has 0 radical (unpaired) electrons. The molecule has 0 aromatic heterocycles. The van der Waals surface area contributed by atoms with Gasteiger partial charge < -0.3 is 24.4 Å². The van der Waals surface area contributed by atoms with Crippen molar-refractivity contribution in [2.45, 2.75) is 44.2 Å². The molecule has 1 unspecified atom stereocenters. The molecule has 1 aliphatic heterocycles. The quantitative estimate of drug-likeness (QED) is 0.734. The van der Waals surface area contributed by atoms with Gasteiger partial charge in [0, 0.05) is 30.5 Å². The zero-order valence-corrected chi connectivity index (χ0v) is 17.0. The standard InChI is InChI=1S/C22H27ClO5/c1-3-27-19-7-4-15(5-8-19)10-16-11-17(6-9-21(16)23)22(26-2)13-18(25)12-20(14-24)28-22/h4-9,11,18,20,24-25H,3,10,12-14H2,1-2H3/t18-,20-,22?/m0/s1. The molecule has 1 fully saturated rings. The van der Waals surface area contributed by atoms with Crippen LogP contribution in [0.3, 0.4) is 0 Å². The Bertz CT molecular complexity index is 779. The molecule has 1 saturated heterocycles. The van der Waals surface area contributed by atoms with Crippen molar-refractivity contribution in [3.63, 3.8) is 0 Å². The van der Waals surface area contributed by atoms with Crippen LogP contribution in [0.2, 0.25) is 5.02 Å². The van der Waals surface area contributed by atoms with Gasteiger partial charge in [0.25, 0.3) is 0 Å². The van der Waals surface area contributed by atoms with Crippen molar-refractivity contribution >= 4 is 11.6 Å². The third kappa shape index (κ3) is 4.67. The summed E-state index contributed by atoms with van der Waals surface area (Å²) in [6.07, 6.45) is 0.230. The second-order valence-corrected chi connectivity index (χ2v) is 7.44. The van der Waals surface area contributed by atoms with Crippen molar-refractivity contribution in [3.8, 4) is 5.75 Å². The number of hydrogen-bond acceptors (Lipinski definition) is 5. The van der Waals surface area contributed by atoms with Crippen molar-refractivity contribution in [3.05, 3.63) is 64.2 Å². The van der Waals surface area contributed by atoms with Crippen molar-refractivity contribution in [2.24, 2.45) is 0 Å². The van der Waals surface area contributed by atoms with Gasteiger partial charge in [0.1, 0.15) is 5.75 Å². The third-order valence-corrected chi connectivity index (χ3v) is 5.41. The molecule has 0 spiro atoms. The molecular weight excluding hydrogens is 380 g/mol. The molecule has 1 aliphatic rings. The van der Waals surface area contributed by atoms with Crippen LogP contribution in [0.5, 0.6) is 5.75 Å². The van der Waals surface area contributed by atoms with E-state index in [4.69, 9.17) is 25.8 Å². The zero-order chi connectivity index (χ0) is 20.1. The molecule has 28 heavy (non-hydrogen) atoms. The Morgan fingerprint density at radius 1 is 1.21 bits per heavy atom. The van der Waals surface area contributed by atoms with E-state index in [-0.39, 0.29) is 6.61 Å². The predicted molar refractivity (Wildman–Crippen MR) is 108 cm³/mol. The first-order valence-electron chi connectivity index (χ1n) is 9.52. The van der Waals surface area contributed by atoms with E-state index in [2.05, 4.69) is 0 Å². The van der Waals surface area contributed by atoms with Crippen LogP contribution in [0.4, 0.5) is 0 Å². The zero-order valence-electron chi connectivity index (χ0n) is 16.2. The molecule has 1 heterocycles. The number of aliphatic hydroxyl groups excluding tert-OH is 2. The van der Waals surface area contributed by atoms with Crippen molar-refractivity contribution in [2.75, 3.05) is 20.3 Å². The molecule has 2 aromatic carbocycles. The minimum absolute atomic E-state index is 0.172. The van der Waals surface area contributed by atoms with Crippen LogP contribution in [0, 0.1) is 0 Å². The van der Waals surface area contributed by atoms with Crippen LogP contribution < -0.4 is 4.74 Å². The lowest BCUT2D eigenvalue weighted by molar-refractivity contribution is -0.298. The SMILES string of the molecule is CCOc1ccc(Cc2cc(C3(OC)C[C@@H](O)C[C@@H](CO)O3)ccc2Cl)cc1. The van der Waals surface area contributed by atoms with E-state index < -0.39 is 18.0 Å². The third-order valence-electron chi connectivity index (χ3n) is 5.04. The number of hydrogen-bond donors (Lipinski definition) is 2. The Balaban J connectivity index is 1.87. The van der Waals surface area contributed by atoms with Gasteiger partial charge in [0.15, 0.2) is 5.79 Å². The summed E-state index contributed by atoms with van der Waals surface area (Å²) in [6, 6.07) is 13.5. The molecule has 3 atom stereocenters. The van der Waals surface area contributed by atoms with E-state index >= 15 is 0 Å². The van der Waals surface area contributed by atoms with Crippen molar-refractivity contribution in [1.29, 1.82) is 0 Å². The first-order chi connectivity index (χ1) is 13.5. The Hall–Kier alpha value is -1.63. The lowest BCUT2D eigenvalue weighted by Gasteiger charge is -2.42. The molecule has 0 bridgehead atoms. The fourth-order valence-electron chi connectivity index (χ4n) is 3.65. The summed E-state index contributed by atoms with van der Waals surface area (Å²) in [5.74, 6) is -0.271. The molecule has 2 N–H and O–H groups in total. The van der Waals surface area contributed by atoms with E-state index in [0.29, 0.717) is 30.9 Å². The maximum absolute atomic E-state index is 10.3. The number of benzene rings is 2. The van der Waals surface area contributed by atoms with Gasteiger partial charge in [-0.15, -0.1) is 0 Å². The summed E-state index contributed by atoms with van der Waals surface area (Å²) >= 11 is 6.44. The summed E-state index contributed by atoms with van der Waals surface area (Å²) in [6.45, 7) is 2.41. The Morgan fingerprint density at radius 2 is 1.96 bits per heavy atom. The molecule has 152 valence electrons. The maximum atomic E-state index is 10.3. The van der Waals surface area contributed by atoms with Gasteiger partial charge in [-0.2, -0.15) is 0 Å². The lowest BCUT2D eigenvalue weighted by atomic mass is 9.91. The van der Waals surface area contributed by atoms with E-state index in [1.165, 1.54) is 0 Å². The predicted octanol–water partition coefficient (Wildman–Crippen LogP) is 3.66. The van der Waals surface area contributed by atoms with Crippen LogP contribution in [0.25, 0.3) is 0 Å². The summed E-state index contributed by atoms with van der Waals surface area (Å²) in [5.41, 5.74) is 2.81. The topological polar surface area (TPSA) is 68.2 Å². The monoisotopic (exact) mass is 406 g/mol. The van der Waals surface area contributed by atoms with E-state index in [1.807, 2.05) is 49.4 Å². The average molecular weight is 407 g/mol. The van der Waals surface area contributed by atoms with Gasteiger partial charge in [-0.1, -0.05) is 29.8 Å². The molecule has 6 heteroatoms. The van der Waals surface area contributed by atoms with Gasteiger partial charge in [-0.05, 0) is 48.7 Å². The molecule has 0 saturated carbocycles. The lowest BCUT2D eigenvalue weighted by Crippen LogP contribution is -2.46. The molecule has 0 aliphatic carbocycles. The Morgan fingerprint density at radius 3 is 2.61 bits per heavy atom. The Labute approximate surface area is 170 Å². The Kier molecular flexibility index (Phi) is 6.96. The fraction of sp³-hybridized carbons (Fsp3) is 0.455. The largest absolute Gasteiger partial charge is 0.494 e. The average Bonchev–Trinajstić information content (AvgIpc) is 2.70. The fourth-order valence-corrected chi connectivity index (χ4v) is 3.83. The molecule has 3 rings (SSSR count). The van der Waals surface area contributed by atoms with Crippen molar-refractivity contribution < 1.29 is 24.4 Å². The summed E-state index contributed by atoms with van der Waals surface area (Å²) in [5, 5.41) is 20.4. The van der Waals surface area contributed by atoms with Crippen LogP contribution in [0.1, 0.15) is 36.5 Å². The highest BCUT2D eigenvalue weighted by Crippen LogP contribution is 2.40. The first-order valence-corrected chi connectivity index (χ1v) is 9.90. The van der Waals surface area contributed by atoms with Crippen LogP contribution in [-0.2, 0) is 21.7 Å². The van der Waals surface area contributed by atoms with Gasteiger partial charge in [-0.25, -0.2) is 0 Å².